The highest BCUT2D eigenvalue weighted by Crippen LogP contribution is 2.24. The average Bonchev–Trinajstić information content (AvgIpc) is 2.41. The Morgan fingerprint density at radius 3 is 2.50 bits per heavy atom. The van der Waals surface area contributed by atoms with Crippen molar-refractivity contribution in [2.75, 3.05) is 0 Å². The van der Waals surface area contributed by atoms with Crippen LogP contribution < -0.4 is 0 Å². The Bertz CT molecular complexity index is 636. The maximum atomic E-state index is 13.0. The fourth-order valence-electron chi connectivity index (χ4n) is 2.16. The van der Waals surface area contributed by atoms with Gasteiger partial charge in [0.2, 0.25) is 0 Å². The number of rotatable bonds is 4. The van der Waals surface area contributed by atoms with Crippen molar-refractivity contribution in [3.63, 3.8) is 0 Å². The maximum absolute atomic E-state index is 13.0. The third kappa shape index (κ3) is 2.85. The van der Waals surface area contributed by atoms with Gasteiger partial charge in [-0.05, 0) is 49.2 Å². The zero-order chi connectivity index (χ0) is 14.7. The summed E-state index contributed by atoms with van der Waals surface area (Å²) in [6, 6.07) is 7.70. The van der Waals surface area contributed by atoms with Gasteiger partial charge >= 0.3 is 5.97 Å². The molecule has 104 valence electrons. The average molecular weight is 273 g/mol. The zero-order valence-corrected chi connectivity index (χ0v) is 11.5. The molecular weight excluding hydrogens is 257 g/mol. The van der Waals surface area contributed by atoms with Crippen molar-refractivity contribution < 1.29 is 14.3 Å². The van der Waals surface area contributed by atoms with Crippen LogP contribution in [0.3, 0.4) is 0 Å². The van der Waals surface area contributed by atoms with Crippen molar-refractivity contribution in [3.05, 3.63) is 53.0 Å². The fraction of sp³-hybridized carbons (Fsp3) is 0.250. The van der Waals surface area contributed by atoms with Crippen LogP contribution in [0.2, 0.25) is 0 Å². The molecule has 0 fully saturated rings. The zero-order valence-electron chi connectivity index (χ0n) is 11.5. The van der Waals surface area contributed by atoms with E-state index in [1.807, 2.05) is 13.8 Å². The molecule has 4 heteroatoms. The SMILES string of the molecule is CCCc1nc(-c2ccc(F)cc2)c(C)cc1C(=O)O. The van der Waals surface area contributed by atoms with Crippen LogP contribution in [-0.4, -0.2) is 16.1 Å². The van der Waals surface area contributed by atoms with E-state index in [2.05, 4.69) is 4.98 Å². The van der Waals surface area contributed by atoms with Gasteiger partial charge in [-0.2, -0.15) is 0 Å². The van der Waals surface area contributed by atoms with E-state index in [1.165, 1.54) is 12.1 Å². The van der Waals surface area contributed by atoms with Gasteiger partial charge < -0.3 is 5.11 Å². The molecule has 2 rings (SSSR count). The predicted octanol–water partition coefficient (Wildman–Crippen LogP) is 3.85. The van der Waals surface area contributed by atoms with E-state index < -0.39 is 5.97 Å². The lowest BCUT2D eigenvalue weighted by molar-refractivity contribution is 0.0695. The Balaban J connectivity index is 2.56. The quantitative estimate of drug-likeness (QED) is 0.920. The number of hydrogen-bond donors (Lipinski definition) is 1. The van der Waals surface area contributed by atoms with Crippen LogP contribution in [0.1, 0.15) is 35.0 Å². The number of carboxylic acids is 1. The van der Waals surface area contributed by atoms with Crippen molar-refractivity contribution in [2.45, 2.75) is 26.7 Å². The lowest BCUT2D eigenvalue weighted by atomic mass is 10.0. The van der Waals surface area contributed by atoms with Gasteiger partial charge in [-0.15, -0.1) is 0 Å². The number of halogens is 1. The summed E-state index contributed by atoms with van der Waals surface area (Å²) in [5.41, 5.74) is 3.09. The summed E-state index contributed by atoms with van der Waals surface area (Å²) in [7, 11) is 0. The molecule has 0 saturated carbocycles. The lowest BCUT2D eigenvalue weighted by Crippen LogP contribution is -2.07. The van der Waals surface area contributed by atoms with Crippen LogP contribution in [0.4, 0.5) is 4.39 Å². The largest absolute Gasteiger partial charge is 0.478 e. The Kier molecular flexibility index (Phi) is 4.13. The summed E-state index contributed by atoms with van der Waals surface area (Å²) >= 11 is 0. The summed E-state index contributed by atoms with van der Waals surface area (Å²) in [5.74, 6) is -1.27. The minimum Gasteiger partial charge on any atom is -0.478 e. The molecule has 0 atom stereocenters. The van der Waals surface area contributed by atoms with E-state index in [1.54, 1.807) is 18.2 Å². The summed E-state index contributed by atoms with van der Waals surface area (Å²) in [5, 5.41) is 9.22. The second-order valence-electron chi connectivity index (χ2n) is 4.71. The number of aromatic carboxylic acids is 1. The molecule has 0 spiro atoms. The molecule has 1 N–H and O–H groups in total. The first-order valence-electron chi connectivity index (χ1n) is 6.52. The molecule has 0 amide bonds. The molecule has 0 saturated heterocycles. The van der Waals surface area contributed by atoms with Crippen molar-refractivity contribution >= 4 is 5.97 Å². The molecule has 1 aromatic heterocycles. The van der Waals surface area contributed by atoms with E-state index in [9.17, 15) is 14.3 Å². The van der Waals surface area contributed by atoms with Crippen LogP contribution in [-0.2, 0) is 6.42 Å². The van der Waals surface area contributed by atoms with Crippen LogP contribution in [0.5, 0.6) is 0 Å². The number of hydrogen-bond acceptors (Lipinski definition) is 2. The van der Waals surface area contributed by atoms with Gasteiger partial charge in [0.25, 0.3) is 0 Å². The molecule has 0 aliphatic carbocycles. The van der Waals surface area contributed by atoms with E-state index in [0.29, 0.717) is 17.8 Å². The van der Waals surface area contributed by atoms with E-state index in [-0.39, 0.29) is 11.4 Å². The van der Waals surface area contributed by atoms with Gasteiger partial charge in [0, 0.05) is 5.56 Å². The van der Waals surface area contributed by atoms with E-state index in [0.717, 1.165) is 17.5 Å². The number of benzene rings is 1. The topological polar surface area (TPSA) is 50.2 Å². The molecule has 0 bridgehead atoms. The Labute approximate surface area is 117 Å². The molecule has 1 aromatic carbocycles. The van der Waals surface area contributed by atoms with Gasteiger partial charge in [-0.3, -0.25) is 4.98 Å². The number of carbonyl (C=O) groups is 1. The van der Waals surface area contributed by atoms with Crippen LogP contribution >= 0.6 is 0 Å². The Morgan fingerprint density at radius 2 is 1.95 bits per heavy atom. The molecule has 0 aliphatic heterocycles. The van der Waals surface area contributed by atoms with Crippen LogP contribution in [0.25, 0.3) is 11.3 Å². The van der Waals surface area contributed by atoms with Crippen molar-refractivity contribution in [1.82, 2.24) is 4.98 Å². The molecule has 20 heavy (non-hydrogen) atoms. The minimum absolute atomic E-state index is 0.246. The van der Waals surface area contributed by atoms with E-state index in [4.69, 9.17) is 0 Å². The van der Waals surface area contributed by atoms with Gasteiger partial charge in [0.1, 0.15) is 5.82 Å². The first-order chi connectivity index (χ1) is 9.52. The number of carboxylic acid groups (broad SMARTS) is 1. The molecule has 3 nitrogen and oxygen atoms in total. The second-order valence-corrected chi connectivity index (χ2v) is 4.71. The predicted molar refractivity (Wildman–Crippen MR) is 75.3 cm³/mol. The highest BCUT2D eigenvalue weighted by molar-refractivity contribution is 5.89. The molecule has 2 aromatic rings. The monoisotopic (exact) mass is 273 g/mol. The van der Waals surface area contributed by atoms with Crippen LogP contribution in [0.15, 0.2) is 30.3 Å². The fourth-order valence-corrected chi connectivity index (χ4v) is 2.16. The van der Waals surface area contributed by atoms with Crippen molar-refractivity contribution in [3.8, 4) is 11.3 Å². The standard InChI is InChI=1S/C16H16FNO2/c1-3-4-14-13(16(19)20)9-10(2)15(18-14)11-5-7-12(17)8-6-11/h5-9H,3-4H2,1-2H3,(H,19,20). The number of pyridine rings is 1. The Hall–Kier alpha value is -2.23. The molecule has 0 radical (unpaired) electrons. The van der Waals surface area contributed by atoms with Crippen LogP contribution in [0, 0.1) is 12.7 Å². The highest BCUT2D eigenvalue weighted by Gasteiger charge is 2.15. The minimum atomic E-state index is -0.963. The molecule has 0 unspecified atom stereocenters. The summed E-state index contributed by atoms with van der Waals surface area (Å²) < 4.78 is 13.0. The van der Waals surface area contributed by atoms with Crippen molar-refractivity contribution in [2.24, 2.45) is 0 Å². The summed E-state index contributed by atoms with van der Waals surface area (Å²) in [6.07, 6.45) is 1.43. The maximum Gasteiger partial charge on any atom is 0.337 e. The third-order valence-electron chi connectivity index (χ3n) is 3.13. The number of aromatic nitrogens is 1. The lowest BCUT2D eigenvalue weighted by Gasteiger charge is -2.11. The highest BCUT2D eigenvalue weighted by atomic mass is 19.1. The first kappa shape index (κ1) is 14.2. The summed E-state index contributed by atoms with van der Waals surface area (Å²) in [6.45, 7) is 3.79. The Morgan fingerprint density at radius 1 is 1.30 bits per heavy atom. The number of nitrogens with zero attached hydrogens (tertiary/aromatic N) is 1. The van der Waals surface area contributed by atoms with Gasteiger partial charge in [-0.1, -0.05) is 13.3 Å². The molecule has 0 aliphatic rings. The first-order valence-corrected chi connectivity index (χ1v) is 6.52. The second kappa shape index (κ2) is 5.82. The normalized spacial score (nSPS) is 10.6. The van der Waals surface area contributed by atoms with Gasteiger partial charge in [0.05, 0.1) is 17.0 Å². The van der Waals surface area contributed by atoms with Crippen molar-refractivity contribution in [1.29, 1.82) is 0 Å². The third-order valence-corrected chi connectivity index (χ3v) is 3.13. The summed E-state index contributed by atoms with van der Waals surface area (Å²) in [4.78, 5) is 15.7. The smallest absolute Gasteiger partial charge is 0.337 e. The van der Waals surface area contributed by atoms with Gasteiger partial charge in [0.15, 0.2) is 0 Å². The molecule has 1 heterocycles. The van der Waals surface area contributed by atoms with E-state index >= 15 is 0 Å². The molecular formula is C16H16FNO2. The van der Waals surface area contributed by atoms with Gasteiger partial charge in [-0.25, -0.2) is 9.18 Å². The number of aryl methyl sites for hydroxylation is 2.